The molecular weight excluding hydrogens is 295 g/mol. The molecule has 0 aromatic heterocycles. The van der Waals surface area contributed by atoms with E-state index in [-0.39, 0.29) is 5.16 Å². The minimum atomic E-state index is 0.174. The van der Waals surface area contributed by atoms with Gasteiger partial charge in [-0.25, -0.2) is 0 Å². The zero-order valence-electron chi connectivity index (χ0n) is 14.9. The van der Waals surface area contributed by atoms with Gasteiger partial charge in [0.15, 0.2) is 0 Å². The van der Waals surface area contributed by atoms with Gasteiger partial charge in [-0.15, -0.1) is 9.24 Å². The maximum absolute atomic E-state index is 3.29. The van der Waals surface area contributed by atoms with Crippen LogP contribution in [0.3, 0.4) is 0 Å². The highest BCUT2D eigenvalue weighted by Crippen LogP contribution is 2.55. The van der Waals surface area contributed by atoms with Crippen molar-refractivity contribution in [1.29, 1.82) is 0 Å². The Balaban J connectivity index is 2.15. The lowest BCUT2D eigenvalue weighted by Gasteiger charge is -2.44. The van der Waals surface area contributed by atoms with Crippen LogP contribution in [0.4, 0.5) is 0 Å². The van der Waals surface area contributed by atoms with Crippen molar-refractivity contribution in [3.05, 3.63) is 69.8 Å². The molecule has 23 heavy (non-hydrogen) atoms. The molecule has 0 N–H and O–H groups in total. The Labute approximate surface area is 143 Å². The van der Waals surface area contributed by atoms with Crippen molar-refractivity contribution in [2.75, 3.05) is 0 Å². The maximum Gasteiger partial charge on any atom is 0.0168 e. The molecule has 2 aromatic carbocycles. The molecule has 0 bridgehead atoms. The number of hydrogen-bond acceptors (Lipinski definition) is 0. The second kappa shape index (κ2) is 6.40. The van der Waals surface area contributed by atoms with E-state index >= 15 is 0 Å². The largest absolute Gasteiger partial charge is 0.126 e. The van der Waals surface area contributed by atoms with Crippen molar-refractivity contribution in [3.8, 4) is 0 Å². The first-order valence-corrected chi connectivity index (χ1v) is 9.44. The van der Waals surface area contributed by atoms with Crippen molar-refractivity contribution in [2.45, 2.75) is 64.5 Å². The van der Waals surface area contributed by atoms with Crippen molar-refractivity contribution >= 4 is 9.24 Å². The van der Waals surface area contributed by atoms with Crippen LogP contribution in [0.1, 0.15) is 65.0 Å². The number of hydrogen-bond donors (Lipinski definition) is 0. The van der Waals surface area contributed by atoms with Gasteiger partial charge in [0, 0.05) is 5.16 Å². The van der Waals surface area contributed by atoms with E-state index in [9.17, 15) is 0 Å². The third-order valence-electron chi connectivity index (χ3n) is 6.08. The summed E-state index contributed by atoms with van der Waals surface area (Å²) < 4.78 is 0. The fourth-order valence-corrected chi connectivity index (χ4v) is 5.22. The van der Waals surface area contributed by atoms with E-state index in [1.54, 1.807) is 5.56 Å². The van der Waals surface area contributed by atoms with Gasteiger partial charge in [-0.05, 0) is 79.8 Å². The number of rotatable bonds is 2. The van der Waals surface area contributed by atoms with Gasteiger partial charge in [-0.3, -0.25) is 0 Å². The van der Waals surface area contributed by atoms with Crippen LogP contribution in [-0.2, 0) is 5.16 Å². The molecule has 1 aliphatic carbocycles. The third kappa shape index (κ3) is 2.87. The van der Waals surface area contributed by atoms with E-state index in [2.05, 4.69) is 73.3 Å². The normalized spacial score (nSPS) is 24.7. The van der Waals surface area contributed by atoms with Crippen LogP contribution in [-0.4, -0.2) is 0 Å². The number of benzene rings is 2. The predicted octanol–water partition coefficient (Wildman–Crippen LogP) is 6.35. The van der Waals surface area contributed by atoms with Crippen molar-refractivity contribution in [3.63, 3.8) is 0 Å². The number of aryl methyl sites for hydroxylation is 2. The standard InChI is InChI=1S/C22H29P/c1-15-9-7-11-19(17(15)3)21-12-5-6-14-22(21,23)20-13-8-10-16(2)18(20)4/h7-11,13,21H,5-6,12,14,23H2,1-4H3. The highest BCUT2D eigenvalue weighted by Gasteiger charge is 2.40. The van der Waals surface area contributed by atoms with Gasteiger partial charge < -0.3 is 0 Å². The Bertz CT molecular complexity index is 716. The molecule has 1 aliphatic rings. The molecule has 1 saturated carbocycles. The summed E-state index contributed by atoms with van der Waals surface area (Å²) in [4.78, 5) is 0. The van der Waals surface area contributed by atoms with Crippen LogP contribution in [0.2, 0.25) is 0 Å². The summed E-state index contributed by atoms with van der Waals surface area (Å²) in [5.41, 5.74) is 8.88. The molecule has 122 valence electrons. The fourth-order valence-electron chi connectivity index (χ4n) is 4.36. The fraction of sp³-hybridized carbons (Fsp3) is 0.455. The summed E-state index contributed by atoms with van der Waals surface area (Å²) in [5, 5.41) is 0.174. The van der Waals surface area contributed by atoms with Gasteiger partial charge in [0.05, 0.1) is 0 Å². The van der Waals surface area contributed by atoms with Gasteiger partial charge in [0.25, 0.3) is 0 Å². The van der Waals surface area contributed by atoms with Crippen LogP contribution < -0.4 is 0 Å². The van der Waals surface area contributed by atoms with E-state index in [1.165, 1.54) is 53.5 Å². The summed E-state index contributed by atoms with van der Waals surface area (Å²) in [7, 11) is 3.29. The zero-order chi connectivity index (χ0) is 16.6. The lowest BCUT2D eigenvalue weighted by molar-refractivity contribution is 0.348. The Hall–Kier alpha value is -1.13. The minimum absolute atomic E-state index is 0.174. The molecule has 2 aromatic rings. The SMILES string of the molecule is Cc1cccc(C2CCCCC2(P)c2cccc(C)c2C)c1C. The van der Waals surface area contributed by atoms with E-state index in [1.807, 2.05) is 0 Å². The monoisotopic (exact) mass is 324 g/mol. The third-order valence-corrected chi connectivity index (χ3v) is 7.09. The summed E-state index contributed by atoms with van der Waals surface area (Å²) in [6.45, 7) is 9.07. The van der Waals surface area contributed by atoms with Gasteiger partial charge in [-0.2, -0.15) is 0 Å². The molecule has 0 aliphatic heterocycles. The molecule has 0 nitrogen and oxygen atoms in total. The molecule has 3 rings (SSSR count). The van der Waals surface area contributed by atoms with Crippen molar-refractivity contribution < 1.29 is 0 Å². The molecule has 0 spiro atoms. The van der Waals surface area contributed by atoms with Crippen LogP contribution in [0.15, 0.2) is 36.4 Å². The molecule has 3 atom stereocenters. The lowest BCUT2D eigenvalue weighted by atomic mass is 9.69. The average Bonchev–Trinajstić information content (AvgIpc) is 2.53. The Morgan fingerprint density at radius 2 is 1.52 bits per heavy atom. The summed E-state index contributed by atoms with van der Waals surface area (Å²) >= 11 is 0. The van der Waals surface area contributed by atoms with Crippen LogP contribution in [0.25, 0.3) is 0 Å². The molecule has 1 fully saturated rings. The van der Waals surface area contributed by atoms with Gasteiger partial charge in [-0.1, -0.05) is 49.2 Å². The smallest absolute Gasteiger partial charge is 0.0168 e. The molecular formula is C22H29P. The first kappa shape index (κ1) is 16.7. The molecule has 0 amide bonds. The van der Waals surface area contributed by atoms with Gasteiger partial charge in [0.2, 0.25) is 0 Å². The topological polar surface area (TPSA) is 0 Å². The summed E-state index contributed by atoms with van der Waals surface area (Å²) in [6.07, 6.45) is 5.23. The highest BCUT2D eigenvalue weighted by molar-refractivity contribution is 7.18. The lowest BCUT2D eigenvalue weighted by Crippen LogP contribution is -2.32. The Morgan fingerprint density at radius 3 is 2.26 bits per heavy atom. The summed E-state index contributed by atoms with van der Waals surface area (Å²) in [6, 6.07) is 13.7. The second-order valence-electron chi connectivity index (χ2n) is 7.38. The van der Waals surface area contributed by atoms with Crippen molar-refractivity contribution in [1.82, 2.24) is 0 Å². The van der Waals surface area contributed by atoms with Gasteiger partial charge in [0.1, 0.15) is 0 Å². The Morgan fingerprint density at radius 1 is 0.870 bits per heavy atom. The molecule has 1 heteroatoms. The second-order valence-corrected chi connectivity index (χ2v) is 8.41. The maximum atomic E-state index is 3.29. The molecule has 0 heterocycles. The van der Waals surface area contributed by atoms with Crippen LogP contribution in [0.5, 0.6) is 0 Å². The molecule has 0 radical (unpaired) electrons. The van der Waals surface area contributed by atoms with Crippen LogP contribution in [0, 0.1) is 27.7 Å². The summed E-state index contributed by atoms with van der Waals surface area (Å²) in [5.74, 6) is 0.599. The van der Waals surface area contributed by atoms with Crippen molar-refractivity contribution in [2.24, 2.45) is 0 Å². The molecule has 0 saturated heterocycles. The van der Waals surface area contributed by atoms with Crippen LogP contribution >= 0.6 is 9.24 Å². The van der Waals surface area contributed by atoms with E-state index in [4.69, 9.17) is 0 Å². The first-order valence-electron chi connectivity index (χ1n) is 8.87. The van der Waals surface area contributed by atoms with E-state index < -0.39 is 0 Å². The minimum Gasteiger partial charge on any atom is -0.126 e. The zero-order valence-corrected chi connectivity index (χ0v) is 16.1. The molecule has 3 unspecified atom stereocenters. The first-order chi connectivity index (χ1) is 10.9. The van der Waals surface area contributed by atoms with E-state index in [0.717, 1.165) is 0 Å². The quantitative estimate of drug-likeness (QED) is 0.565. The predicted molar refractivity (Wildman–Crippen MR) is 104 cm³/mol. The average molecular weight is 324 g/mol. The van der Waals surface area contributed by atoms with E-state index in [0.29, 0.717) is 5.92 Å². The highest BCUT2D eigenvalue weighted by atomic mass is 31.0. The Kier molecular flexibility index (Phi) is 4.65. The van der Waals surface area contributed by atoms with Gasteiger partial charge >= 0.3 is 0 Å².